The van der Waals surface area contributed by atoms with E-state index in [1.54, 1.807) is 0 Å². The second kappa shape index (κ2) is 5.67. The summed E-state index contributed by atoms with van der Waals surface area (Å²) >= 11 is 0. The number of carbonyl (C=O) groups excluding carboxylic acids is 1. The molecule has 0 spiro atoms. The number of rotatable bonds is 2. The van der Waals surface area contributed by atoms with Crippen molar-refractivity contribution >= 4 is 5.91 Å². The van der Waals surface area contributed by atoms with Gasteiger partial charge in [0.05, 0.1) is 0 Å². The van der Waals surface area contributed by atoms with Crippen LogP contribution in [0, 0.1) is 5.92 Å². The Kier molecular flexibility index (Phi) is 4.21. The molecule has 0 aromatic rings. The summed E-state index contributed by atoms with van der Waals surface area (Å²) in [5, 5.41) is 0. The van der Waals surface area contributed by atoms with Gasteiger partial charge < -0.3 is 10.6 Å². The van der Waals surface area contributed by atoms with Crippen molar-refractivity contribution in [3.05, 3.63) is 12.2 Å². The number of nitrogens with zero attached hydrogens (tertiary/aromatic N) is 1. The van der Waals surface area contributed by atoms with Crippen LogP contribution in [0.1, 0.15) is 45.4 Å². The Balaban J connectivity index is 2.06. The Morgan fingerprint density at radius 3 is 2.82 bits per heavy atom. The molecular weight excluding hydrogens is 212 g/mol. The highest BCUT2D eigenvalue weighted by Crippen LogP contribution is 2.28. The lowest BCUT2D eigenvalue weighted by atomic mass is 9.89. The highest BCUT2D eigenvalue weighted by Gasteiger charge is 2.34. The van der Waals surface area contributed by atoms with Crippen LogP contribution in [0.3, 0.4) is 0 Å². The lowest BCUT2D eigenvalue weighted by Crippen LogP contribution is -2.53. The summed E-state index contributed by atoms with van der Waals surface area (Å²) < 4.78 is 0. The van der Waals surface area contributed by atoms with Crippen molar-refractivity contribution in [2.24, 2.45) is 11.7 Å². The largest absolute Gasteiger partial charge is 0.335 e. The summed E-state index contributed by atoms with van der Waals surface area (Å²) in [7, 11) is 0. The minimum atomic E-state index is 0.203. The van der Waals surface area contributed by atoms with Gasteiger partial charge in [-0.2, -0.15) is 0 Å². The van der Waals surface area contributed by atoms with Gasteiger partial charge in [0.25, 0.3) is 0 Å². The fourth-order valence-electron chi connectivity index (χ4n) is 3.14. The third-order valence-electron chi connectivity index (χ3n) is 4.17. The third-order valence-corrected chi connectivity index (χ3v) is 4.17. The number of carbonyl (C=O) groups is 1. The number of nitrogens with two attached hydrogens (primary N) is 1. The molecule has 1 fully saturated rings. The standard InChI is InChI=1S/C14H24N2O/c1-11-6-5-9-13(10-15)16(11)14(17)12-7-3-2-4-8-12/h2-3,11-13H,4-10,15H2,1H3. The molecule has 0 aromatic carbocycles. The average molecular weight is 236 g/mol. The summed E-state index contributed by atoms with van der Waals surface area (Å²) in [6, 6.07) is 0.646. The molecule has 17 heavy (non-hydrogen) atoms. The van der Waals surface area contributed by atoms with Gasteiger partial charge >= 0.3 is 0 Å². The zero-order valence-electron chi connectivity index (χ0n) is 10.8. The Morgan fingerprint density at radius 2 is 2.18 bits per heavy atom. The molecule has 0 radical (unpaired) electrons. The van der Waals surface area contributed by atoms with E-state index in [-0.39, 0.29) is 12.0 Å². The van der Waals surface area contributed by atoms with E-state index >= 15 is 0 Å². The number of likely N-dealkylation sites (tertiary alicyclic amines) is 1. The molecule has 2 aliphatic rings. The first-order chi connectivity index (χ1) is 8.24. The first-order valence-electron chi connectivity index (χ1n) is 6.91. The second-order valence-corrected chi connectivity index (χ2v) is 5.40. The van der Waals surface area contributed by atoms with E-state index in [1.807, 2.05) is 0 Å². The number of piperidine rings is 1. The molecule has 1 saturated heterocycles. The maximum absolute atomic E-state index is 12.6. The molecular formula is C14H24N2O. The van der Waals surface area contributed by atoms with Crippen LogP contribution in [-0.4, -0.2) is 29.4 Å². The van der Waals surface area contributed by atoms with E-state index in [1.165, 1.54) is 6.42 Å². The van der Waals surface area contributed by atoms with Crippen LogP contribution in [0.25, 0.3) is 0 Å². The summed E-state index contributed by atoms with van der Waals surface area (Å²) in [6.07, 6.45) is 10.7. The predicted octanol–water partition coefficient (Wildman–Crippen LogP) is 2.07. The molecule has 3 unspecified atom stereocenters. The van der Waals surface area contributed by atoms with Gasteiger partial charge in [0.15, 0.2) is 0 Å². The Morgan fingerprint density at radius 1 is 1.35 bits per heavy atom. The highest BCUT2D eigenvalue weighted by atomic mass is 16.2. The highest BCUT2D eigenvalue weighted by molar-refractivity contribution is 5.80. The lowest BCUT2D eigenvalue weighted by Gasteiger charge is -2.42. The van der Waals surface area contributed by atoms with E-state index < -0.39 is 0 Å². The first kappa shape index (κ1) is 12.6. The number of amides is 1. The molecule has 3 nitrogen and oxygen atoms in total. The van der Waals surface area contributed by atoms with Crippen LogP contribution < -0.4 is 5.73 Å². The Bertz CT molecular complexity index is 301. The molecule has 96 valence electrons. The summed E-state index contributed by atoms with van der Waals surface area (Å²) in [6.45, 7) is 2.77. The molecule has 3 heteroatoms. The fourth-order valence-corrected chi connectivity index (χ4v) is 3.14. The van der Waals surface area contributed by atoms with Gasteiger partial charge in [-0.25, -0.2) is 0 Å². The van der Waals surface area contributed by atoms with Crippen molar-refractivity contribution in [1.29, 1.82) is 0 Å². The van der Waals surface area contributed by atoms with Gasteiger partial charge in [0.2, 0.25) is 5.91 Å². The topological polar surface area (TPSA) is 46.3 Å². The van der Waals surface area contributed by atoms with E-state index in [0.29, 0.717) is 18.5 Å². The van der Waals surface area contributed by atoms with Crippen molar-refractivity contribution < 1.29 is 4.79 Å². The molecule has 1 heterocycles. The summed E-state index contributed by atoms with van der Waals surface area (Å²) in [4.78, 5) is 14.7. The van der Waals surface area contributed by atoms with Gasteiger partial charge in [-0.05, 0) is 45.4 Å². The quantitative estimate of drug-likeness (QED) is 0.746. The zero-order valence-corrected chi connectivity index (χ0v) is 10.8. The maximum atomic E-state index is 12.6. The van der Waals surface area contributed by atoms with E-state index in [9.17, 15) is 4.79 Å². The van der Waals surface area contributed by atoms with Crippen molar-refractivity contribution in [1.82, 2.24) is 4.90 Å². The Hall–Kier alpha value is -0.830. The van der Waals surface area contributed by atoms with Crippen LogP contribution in [0.4, 0.5) is 0 Å². The van der Waals surface area contributed by atoms with Gasteiger partial charge in [-0.1, -0.05) is 12.2 Å². The first-order valence-corrected chi connectivity index (χ1v) is 6.91. The maximum Gasteiger partial charge on any atom is 0.226 e. The molecule has 0 bridgehead atoms. The monoisotopic (exact) mass is 236 g/mol. The van der Waals surface area contributed by atoms with Crippen LogP contribution in [0.15, 0.2) is 12.2 Å². The molecule has 0 saturated carbocycles. The van der Waals surface area contributed by atoms with Crippen LogP contribution >= 0.6 is 0 Å². The number of allylic oxidation sites excluding steroid dienone is 2. The van der Waals surface area contributed by atoms with Crippen LogP contribution in [0.2, 0.25) is 0 Å². The second-order valence-electron chi connectivity index (χ2n) is 5.40. The van der Waals surface area contributed by atoms with Gasteiger partial charge in [-0.3, -0.25) is 4.79 Å². The third kappa shape index (κ3) is 2.71. The van der Waals surface area contributed by atoms with Gasteiger partial charge in [0, 0.05) is 24.5 Å². The minimum absolute atomic E-state index is 0.203. The average Bonchev–Trinajstić information content (AvgIpc) is 2.38. The fraction of sp³-hybridized carbons (Fsp3) is 0.786. The molecule has 0 aromatic heterocycles. The van der Waals surface area contributed by atoms with Crippen molar-refractivity contribution in [2.45, 2.75) is 57.5 Å². The lowest BCUT2D eigenvalue weighted by molar-refractivity contribution is -0.142. The van der Waals surface area contributed by atoms with E-state index in [2.05, 4.69) is 24.0 Å². The van der Waals surface area contributed by atoms with E-state index in [4.69, 9.17) is 5.73 Å². The molecule has 3 atom stereocenters. The van der Waals surface area contributed by atoms with Crippen LogP contribution in [-0.2, 0) is 4.79 Å². The van der Waals surface area contributed by atoms with Gasteiger partial charge in [0.1, 0.15) is 0 Å². The van der Waals surface area contributed by atoms with E-state index in [0.717, 1.165) is 32.1 Å². The molecule has 1 amide bonds. The molecule has 2 N–H and O–H groups in total. The number of hydrogen-bond donors (Lipinski definition) is 1. The van der Waals surface area contributed by atoms with Crippen molar-refractivity contribution in [3.63, 3.8) is 0 Å². The SMILES string of the molecule is CC1CCCC(CN)N1C(=O)C1CC=CCC1. The van der Waals surface area contributed by atoms with Crippen molar-refractivity contribution in [2.75, 3.05) is 6.54 Å². The molecule has 1 aliphatic carbocycles. The Labute approximate surface area is 104 Å². The zero-order chi connectivity index (χ0) is 12.3. The number of hydrogen-bond acceptors (Lipinski definition) is 2. The minimum Gasteiger partial charge on any atom is -0.335 e. The van der Waals surface area contributed by atoms with Gasteiger partial charge in [-0.15, -0.1) is 0 Å². The summed E-state index contributed by atoms with van der Waals surface area (Å²) in [5.74, 6) is 0.548. The normalized spacial score (nSPS) is 33.8. The predicted molar refractivity (Wildman–Crippen MR) is 69.5 cm³/mol. The molecule has 1 aliphatic heterocycles. The smallest absolute Gasteiger partial charge is 0.226 e. The molecule has 2 rings (SSSR count). The summed E-state index contributed by atoms with van der Waals surface area (Å²) in [5.41, 5.74) is 5.82. The van der Waals surface area contributed by atoms with Crippen molar-refractivity contribution in [3.8, 4) is 0 Å². The van der Waals surface area contributed by atoms with Crippen LogP contribution in [0.5, 0.6) is 0 Å².